The van der Waals surface area contributed by atoms with E-state index in [0.717, 1.165) is 0 Å². The Labute approximate surface area is 86.8 Å². The van der Waals surface area contributed by atoms with Crippen molar-refractivity contribution >= 4 is 11.6 Å². The summed E-state index contributed by atoms with van der Waals surface area (Å²) in [6.45, 7) is 4.32. The van der Waals surface area contributed by atoms with Crippen LogP contribution >= 0.6 is 11.6 Å². The molecule has 0 heterocycles. The predicted molar refractivity (Wildman–Crippen MR) is 50.1 cm³/mol. The van der Waals surface area contributed by atoms with Crippen molar-refractivity contribution in [3.05, 3.63) is 0 Å². The van der Waals surface area contributed by atoms with Crippen LogP contribution in [0.5, 0.6) is 0 Å². The van der Waals surface area contributed by atoms with Gasteiger partial charge in [0.05, 0.1) is 0 Å². The van der Waals surface area contributed by atoms with Gasteiger partial charge in [-0.05, 0) is 30.2 Å². The molecule has 2 N–H and O–H groups in total. The molecule has 1 fully saturated rings. The molecule has 0 aliphatic heterocycles. The van der Waals surface area contributed by atoms with Crippen molar-refractivity contribution in [3.63, 3.8) is 0 Å². The van der Waals surface area contributed by atoms with Crippen molar-refractivity contribution in [2.24, 2.45) is 23.0 Å². The third-order valence-electron chi connectivity index (χ3n) is 3.36. The highest BCUT2D eigenvalue weighted by molar-refractivity contribution is 6.21. The lowest BCUT2D eigenvalue weighted by Gasteiger charge is -2.13. The maximum atomic E-state index is 12.2. The second kappa shape index (κ2) is 3.56. The standard InChI is InChI=1S/C9H15ClF3N/c1-8(2)5(6(8)4-14)3-7(10)9(11,12)13/h5-7H,3-4,14H2,1-2H3. The maximum absolute atomic E-state index is 12.2. The Morgan fingerprint density at radius 3 is 2.14 bits per heavy atom. The highest BCUT2D eigenvalue weighted by Crippen LogP contribution is 2.60. The van der Waals surface area contributed by atoms with E-state index in [4.69, 9.17) is 17.3 Å². The molecular weight excluding hydrogens is 215 g/mol. The van der Waals surface area contributed by atoms with Gasteiger partial charge in [0.15, 0.2) is 0 Å². The van der Waals surface area contributed by atoms with Crippen LogP contribution in [0, 0.1) is 17.3 Å². The van der Waals surface area contributed by atoms with Gasteiger partial charge in [0.2, 0.25) is 0 Å². The fourth-order valence-corrected chi connectivity index (χ4v) is 2.34. The van der Waals surface area contributed by atoms with Crippen molar-refractivity contribution in [2.75, 3.05) is 6.54 Å². The van der Waals surface area contributed by atoms with Crippen molar-refractivity contribution in [2.45, 2.75) is 31.8 Å². The van der Waals surface area contributed by atoms with Crippen LogP contribution in [0.25, 0.3) is 0 Å². The number of hydrogen-bond donors (Lipinski definition) is 1. The number of halogens is 4. The molecule has 0 aromatic carbocycles. The Morgan fingerprint density at radius 2 is 1.86 bits per heavy atom. The summed E-state index contributed by atoms with van der Waals surface area (Å²) in [6.07, 6.45) is -4.31. The van der Waals surface area contributed by atoms with Crippen LogP contribution in [0.2, 0.25) is 0 Å². The molecule has 14 heavy (non-hydrogen) atoms. The van der Waals surface area contributed by atoms with Crippen LogP contribution in [0.4, 0.5) is 13.2 Å². The molecule has 3 atom stereocenters. The SMILES string of the molecule is CC1(C)C(CN)C1CC(Cl)C(F)(F)F. The average molecular weight is 230 g/mol. The van der Waals surface area contributed by atoms with Crippen molar-refractivity contribution in [1.82, 2.24) is 0 Å². The van der Waals surface area contributed by atoms with E-state index in [1.54, 1.807) is 0 Å². The molecule has 1 nitrogen and oxygen atoms in total. The highest BCUT2D eigenvalue weighted by Gasteiger charge is 2.58. The Morgan fingerprint density at radius 1 is 1.36 bits per heavy atom. The van der Waals surface area contributed by atoms with Gasteiger partial charge in [-0.3, -0.25) is 0 Å². The van der Waals surface area contributed by atoms with E-state index < -0.39 is 11.6 Å². The van der Waals surface area contributed by atoms with Crippen LogP contribution < -0.4 is 5.73 Å². The highest BCUT2D eigenvalue weighted by atomic mass is 35.5. The second-order valence-electron chi connectivity index (χ2n) is 4.51. The first-order chi connectivity index (χ1) is 6.21. The lowest BCUT2D eigenvalue weighted by Crippen LogP contribution is -2.24. The van der Waals surface area contributed by atoms with E-state index in [2.05, 4.69) is 0 Å². The minimum absolute atomic E-state index is 0.0108. The lowest BCUT2D eigenvalue weighted by atomic mass is 10.1. The van der Waals surface area contributed by atoms with E-state index in [9.17, 15) is 13.2 Å². The zero-order valence-corrected chi connectivity index (χ0v) is 8.99. The molecule has 0 aromatic heterocycles. The Bertz CT molecular complexity index is 215. The summed E-state index contributed by atoms with van der Waals surface area (Å²) in [5.74, 6) is 0.197. The number of hydrogen-bond acceptors (Lipinski definition) is 1. The van der Waals surface area contributed by atoms with Gasteiger partial charge in [-0.1, -0.05) is 13.8 Å². The summed E-state index contributed by atoms with van der Waals surface area (Å²) in [7, 11) is 0. The first-order valence-electron chi connectivity index (χ1n) is 4.62. The zero-order chi connectivity index (χ0) is 11.1. The van der Waals surface area contributed by atoms with Gasteiger partial charge in [-0.15, -0.1) is 11.6 Å². The summed E-state index contributed by atoms with van der Waals surface area (Å²) in [5, 5.41) is -1.73. The van der Waals surface area contributed by atoms with Gasteiger partial charge in [0.1, 0.15) is 5.38 Å². The van der Waals surface area contributed by atoms with Crippen LogP contribution in [0.3, 0.4) is 0 Å². The summed E-state index contributed by atoms with van der Waals surface area (Å²) in [4.78, 5) is 0. The quantitative estimate of drug-likeness (QED) is 0.740. The van der Waals surface area contributed by atoms with Gasteiger partial charge in [0.25, 0.3) is 0 Å². The Kier molecular flexibility index (Phi) is 3.08. The zero-order valence-electron chi connectivity index (χ0n) is 8.24. The van der Waals surface area contributed by atoms with E-state index >= 15 is 0 Å². The Balaban J connectivity index is 2.48. The van der Waals surface area contributed by atoms with Gasteiger partial charge in [-0.2, -0.15) is 13.2 Å². The second-order valence-corrected chi connectivity index (χ2v) is 5.04. The fourth-order valence-electron chi connectivity index (χ4n) is 2.15. The number of alkyl halides is 4. The van der Waals surface area contributed by atoms with Crippen molar-refractivity contribution in [1.29, 1.82) is 0 Å². The molecule has 84 valence electrons. The molecule has 1 aliphatic carbocycles. The largest absolute Gasteiger partial charge is 0.404 e. The van der Waals surface area contributed by atoms with Crippen LogP contribution in [0.1, 0.15) is 20.3 Å². The molecule has 0 radical (unpaired) electrons. The minimum Gasteiger partial charge on any atom is -0.330 e. The monoisotopic (exact) mass is 229 g/mol. The van der Waals surface area contributed by atoms with Gasteiger partial charge < -0.3 is 5.73 Å². The molecule has 0 bridgehead atoms. The smallest absolute Gasteiger partial charge is 0.330 e. The van der Waals surface area contributed by atoms with Crippen LogP contribution in [-0.2, 0) is 0 Å². The molecule has 0 spiro atoms. The number of nitrogens with two attached hydrogens (primary N) is 1. The molecule has 1 rings (SSSR count). The van der Waals surface area contributed by atoms with Gasteiger partial charge in [-0.25, -0.2) is 0 Å². The fraction of sp³-hybridized carbons (Fsp3) is 1.00. The summed E-state index contributed by atoms with van der Waals surface area (Å²) in [5.41, 5.74) is 5.38. The normalized spacial score (nSPS) is 32.8. The van der Waals surface area contributed by atoms with E-state index in [1.807, 2.05) is 13.8 Å². The Hall–Kier alpha value is 0.0400. The molecule has 1 aliphatic rings. The number of rotatable bonds is 3. The molecule has 1 saturated carbocycles. The first-order valence-corrected chi connectivity index (χ1v) is 5.05. The molecule has 0 saturated heterocycles. The van der Waals surface area contributed by atoms with E-state index in [0.29, 0.717) is 6.54 Å². The average Bonchev–Trinajstić information content (AvgIpc) is 2.51. The summed E-state index contributed by atoms with van der Waals surface area (Å²) in [6, 6.07) is 0. The molecule has 0 amide bonds. The molecule has 5 heteroatoms. The predicted octanol–water partition coefficient (Wildman–Crippen LogP) is 2.78. The first kappa shape index (κ1) is 12.1. The molecular formula is C9H15ClF3N. The van der Waals surface area contributed by atoms with E-state index in [1.165, 1.54) is 0 Å². The maximum Gasteiger partial charge on any atom is 0.404 e. The molecule has 0 aromatic rings. The van der Waals surface area contributed by atoms with Crippen LogP contribution in [-0.4, -0.2) is 18.1 Å². The third-order valence-corrected chi connectivity index (χ3v) is 3.78. The topological polar surface area (TPSA) is 26.0 Å². The minimum atomic E-state index is -4.29. The van der Waals surface area contributed by atoms with Gasteiger partial charge >= 0.3 is 6.18 Å². The van der Waals surface area contributed by atoms with E-state index in [-0.39, 0.29) is 23.7 Å². The summed E-state index contributed by atoms with van der Waals surface area (Å²) < 4.78 is 36.5. The summed E-state index contributed by atoms with van der Waals surface area (Å²) >= 11 is 5.28. The third kappa shape index (κ3) is 2.16. The molecule has 3 unspecified atom stereocenters. The van der Waals surface area contributed by atoms with Crippen molar-refractivity contribution < 1.29 is 13.2 Å². The van der Waals surface area contributed by atoms with Gasteiger partial charge in [0, 0.05) is 0 Å². The van der Waals surface area contributed by atoms with Crippen molar-refractivity contribution in [3.8, 4) is 0 Å². The lowest BCUT2D eigenvalue weighted by molar-refractivity contribution is -0.132. The van der Waals surface area contributed by atoms with Crippen LogP contribution in [0.15, 0.2) is 0 Å².